The van der Waals surface area contributed by atoms with E-state index in [9.17, 15) is 17.7 Å². The van der Waals surface area contributed by atoms with Crippen LogP contribution in [0.2, 0.25) is 0 Å². The average Bonchev–Trinajstić information content (AvgIpc) is 2.76. The van der Waals surface area contributed by atoms with E-state index in [0.29, 0.717) is 11.1 Å². The quantitative estimate of drug-likeness (QED) is 0.785. The summed E-state index contributed by atoms with van der Waals surface area (Å²) < 4.78 is 52.6. The van der Waals surface area contributed by atoms with Crippen LogP contribution in [0.15, 0.2) is 28.8 Å². The van der Waals surface area contributed by atoms with Gasteiger partial charge in [-0.15, -0.1) is 0 Å². The maximum Gasteiger partial charge on any atom is 0.471 e. The van der Waals surface area contributed by atoms with Gasteiger partial charge in [-0.1, -0.05) is 40.7 Å². The van der Waals surface area contributed by atoms with Crippen LogP contribution in [-0.4, -0.2) is 16.8 Å². The normalized spacial score (nSPS) is 15.1. The van der Waals surface area contributed by atoms with Crippen molar-refractivity contribution in [1.29, 1.82) is 0 Å². The summed E-state index contributed by atoms with van der Waals surface area (Å²) in [5.41, 5.74) is 1.09. The van der Waals surface area contributed by atoms with Crippen LogP contribution >= 0.6 is 17.7 Å². The zero-order valence-corrected chi connectivity index (χ0v) is 11.8. The molecule has 9 heteroatoms. The molecular formula is C11H9ClF3N2O2P. The fourth-order valence-corrected chi connectivity index (χ4v) is 2.82. The summed E-state index contributed by atoms with van der Waals surface area (Å²) in [6.07, 6.45) is -4.46. The van der Waals surface area contributed by atoms with Gasteiger partial charge in [-0.2, -0.15) is 18.2 Å². The second kappa shape index (κ2) is 5.22. The lowest BCUT2D eigenvalue weighted by Gasteiger charge is -2.04. The van der Waals surface area contributed by atoms with E-state index in [1.807, 2.05) is 0 Å². The molecule has 2 aromatic rings. The Hall–Kier alpha value is -1.33. The van der Waals surface area contributed by atoms with Crippen molar-refractivity contribution >= 4 is 17.7 Å². The maximum absolute atomic E-state index is 12.3. The Bertz CT molecular complexity index is 648. The number of halogens is 4. The summed E-state index contributed by atoms with van der Waals surface area (Å²) in [5, 5.41) is 3.27. The largest absolute Gasteiger partial charge is 0.471 e. The fraction of sp³-hybridized carbons (Fsp3) is 0.273. The van der Waals surface area contributed by atoms with E-state index in [1.165, 1.54) is 18.8 Å². The summed E-state index contributed by atoms with van der Waals surface area (Å²) in [6.45, 7) is -1.28. The fourth-order valence-electron chi connectivity index (χ4n) is 1.54. The molecule has 0 bridgehead atoms. The molecule has 0 spiro atoms. The molecular weight excluding hydrogens is 316 g/mol. The lowest BCUT2D eigenvalue weighted by Crippen LogP contribution is -2.04. The van der Waals surface area contributed by atoms with Crippen molar-refractivity contribution in [2.45, 2.75) is 12.3 Å². The van der Waals surface area contributed by atoms with Crippen molar-refractivity contribution in [3.8, 4) is 11.4 Å². The minimum absolute atomic E-state index is 0.158. The number of nitrogens with zero attached hydrogens (tertiary/aromatic N) is 2. The second-order valence-corrected chi connectivity index (χ2v) is 8.69. The first-order valence-corrected chi connectivity index (χ1v) is 8.66. The van der Waals surface area contributed by atoms with Crippen molar-refractivity contribution in [3.63, 3.8) is 0 Å². The number of alkyl halides is 3. The van der Waals surface area contributed by atoms with E-state index in [2.05, 4.69) is 14.7 Å². The summed E-state index contributed by atoms with van der Waals surface area (Å²) in [4.78, 5) is 3.27. The van der Waals surface area contributed by atoms with Gasteiger partial charge in [-0.3, -0.25) is 0 Å². The SMILES string of the molecule is CP(=O)(Cl)Cc1ccc(-c2noc(C(F)(F)F)n2)cc1. The molecule has 0 saturated carbocycles. The highest BCUT2D eigenvalue weighted by molar-refractivity contribution is 7.87. The Balaban J connectivity index is 2.22. The van der Waals surface area contributed by atoms with Crippen LogP contribution < -0.4 is 0 Å². The van der Waals surface area contributed by atoms with E-state index in [1.54, 1.807) is 12.1 Å². The Morgan fingerprint density at radius 2 is 1.90 bits per heavy atom. The Morgan fingerprint density at radius 3 is 2.35 bits per heavy atom. The van der Waals surface area contributed by atoms with Gasteiger partial charge in [-0.25, -0.2) is 0 Å². The monoisotopic (exact) mass is 324 g/mol. The van der Waals surface area contributed by atoms with Gasteiger partial charge in [-0.05, 0) is 5.56 Å². The molecule has 0 saturated heterocycles. The maximum atomic E-state index is 12.3. The van der Waals surface area contributed by atoms with Gasteiger partial charge in [0.05, 0.1) is 0 Å². The van der Waals surface area contributed by atoms with E-state index in [4.69, 9.17) is 11.2 Å². The average molecular weight is 325 g/mol. The minimum Gasteiger partial charge on any atom is -0.329 e. The highest BCUT2D eigenvalue weighted by atomic mass is 35.7. The molecule has 1 unspecified atom stereocenters. The molecule has 1 heterocycles. The van der Waals surface area contributed by atoms with E-state index < -0.39 is 18.6 Å². The molecule has 0 N–H and O–H groups in total. The Morgan fingerprint density at radius 1 is 1.30 bits per heavy atom. The van der Waals surface area contributed by atoms with Crippen LogP contribution in [0, 0.1) is 0 Å². The molecule has 20 heavy (non-hydrogen) atoms. The number of hydrogen-bond donors (Lipinski definition) is 0. The van der Waals surface area contributed by atoms with Crippen LogP contribution in [-0.2, 0) is 16.9 Å². The number of hydrogen-bond acceptors (Lipinski definition) is 4. The molecule has 0 aliphatic carbocycles. The third-order valence-corrected chi connectivity index (χ3v) is 3.63. The Kier molecular flexibility index (Phi) is 3.93. The van der Waals surface area contributed by atoms with Crippen LogP contribution in [0.1, 0.15) is 11.5 Å². The molecule has 0 aliphatic rings. The lowest BCUT2D eigenvalue weighted by atomic mass is 10.1. The molecule has 0 radical (unpaired) electrons. The van der Waals surface area contributed by atoms with Crippen LogP contribution in [0.4, 0.5) is 13.2 Å². The van der Waals surface area contributed by atoms with Gasteiger partial charge in [0.15, 0.2) is 6.49 Å². The predicted molar refractivity (Wildman–Crippen MR) is 67.8 cm³/mol. The third-order valence-electron chi connectivity index (χ3n) is 2.35. The molecule has 1 aromatic carbocycles. The highest BCUT2D eigenvalue weighted by Gasteiger charge is 2.38. The van der Waals surface area contributed by atoms with Crippen molar-refractivity contribution in [3.05, 3.63) is 35.7 Å². The van der Waals surface area contributed by atoms with Crippen molar-refractivity contribution < 1.29 is 22.3 Å². The van der Waals surface area contributed by atoms with Crippen LogP contribution in [0.5, 0.6) is 0 Å². The topological polar surface area (TPSA) is 56.0 Å². The summed E-state index contributed by atoms with van der Waals surface area (Å²) in [5.74, 6) is -1.55. The molecule has 1 atom stereocenters. The molecule has 0 amide bonds. The van der Waals surface area contributed by atoms with Gasteiger partial charge in [0.2, 0.25) is 5.82 Å². The van der Waals surface area contributed by atoms with Crippen molar-refractivity contribution in [2.24, 2.45) is 0 Å². The number of rotatable bonds is 3. The van der Waals surface area contributed by atoms with Crippen molar-refractivity contribution in [1.82, 2.24) is 10.1 Å². The molecule has 0 fully saturated rings. The zero-order valence-electron chi connectivity index (χ0n) is 10.2. The summed E-state index contributed by atoms with van der Waals surface area (Å²) in [6, 6.07) is 6.26. The smallest absolute Gasteiger partial charge is 0.329 e. The van der Waals surface area contributed by atoms with E-state index in [-0.39, 0.29) is 12.0 Å². The third kappa shape index (κ3) is 3.84. The number of aromatic nitrogens is 2. The zero-order chi connectivity index (χ0) is 15.0. The van der Waals surface area contributed by atoms with Crippen LogP contribution in [0.3, 0.4) is 0 Å². The van der Waals surface area contributed by atoms with Gasteiger partial charge in [0, 0.05) is 18.4 Å². The van der Waals surface area contributed by atoms with Gasteiger partial charge < -0.3 is 9.09 Å². The van der Waals surface area contributed by atoms with E-state index in [0.717, 1.165) is 0 Å². The standard InChI is InChI=1S/C11H9ClF3N2O2P/c1-20(12,18)6-7-2-4-8(5-3-7)9-16-10(19-17-9)11(13,14)15/h2-5H,6H2,1H3. The summed E-state index contributed by atoms with van der Waals surface area (Å²) in [7, 11) is 0. The first kappa shape index (κ1) is 15.1. The molecule has 4 nitrogen and oxygen atoms in total. The first-order chi connectivity index (χ1) is 9.15. The van der Waals surface area contributed by atoms with Gasteiger partial charge >= 0.3 is 12.1 Å². The van der Waals surface area contributed by atoms with Crippen LogP contribution in [0.25, 0.3) is 11.4 Å². The first-order valence-electron chi connectivity index (χ1n) is 5.41. The van der Waals surface area contributed by atoms with Gasteiger partial charge in [0.25, 0.3) is 0 Å². The Labute approximate surface area is 117 Å². The molecule has 0 aliphatic heterocycles. The minimum atomic E-state index is -4.67. The van der Waals surface area contributed by atoms with Gasteiger partial charge in [0.1, 0.15) is 0 Å². The molecule has 2 rings (SSSR count). The summed E-state index contributed by atoms with van der Waals surface area (Å²) >= 11 is 5.67. The lowest BCUT2D eigenvalue weighted by molar-refractivity contribution is -0.159. The highest BCUT2D eigenvalue weighted by Crippen LogP contribution is 2.50. The molecule has 1 aromatic heterocycles. The predicted octanol–water partition coefficient (Wildman–Crippen LogP) is 4.40. The number of benzene rings is 1. The molecule has 108 valence electrons. The second-order valence-electron chi connectivity index (χ2n) is 4.26. The van der Waals surface area contributed by atoms with E-state index >= 15 is 0 Å². The van der Waals surface area contributed by atoms with Crippen molar-refractivity contribution in [2.75, 3.05) is 6.66 Å².